The zero-order valence-corrected chi connectivity index (χ0v) is 30.4. The minimum atomic E-state index is -1.54. The fourth-order valence-electron chi connectivity index (χ4n) is 7.52. The van der Waals surface area contributed by atoms with Crippen molar-refractivity contribution in [1.82, 2.24) is 14.8 Å². The normalized spacial score (nSPS) is 35.3. The number of ketones is 1. The molecule has 2 aliphatic heterocycles. The van der Waals surface area contributed by atoms with Gasteiger partial charge in [-0.05, 0) is 76.3 Å². The molecule has 1 amide bonds. The van der Waals surface area contributed by atoms with Gasteiger partial charge in [0.2, 0.25) is 5.91 Å². The number of esters is 1. The average molecular weight is 680 g/mol. The highest BCUT2D eigenvalue weighted by Gasteiger charge is 2.49. The van der Waals surface area contributed by atoms with E-state index in [0.717, 1.165) is 5.56 Å². The van der Waals surface area contributed by atoms with Gasteiger partial charge < -0.3 is 19.4 Å². The Bertz CT molecular complexity index is 1520. The van der Waals surface area contributed by atoms with Gasteiger partial charge in [0, 0.05) is 48.6 Å². The SMILES string of the molecule is CC[C@H]1OC(=O)[C@H](C)C(=O)[C@H](C)[C@@H](C)[C@@]2(C)C[C@@H](C)/C(=N\C(C)=O)[C@H](C)[C@@H](CC/C(=N\OCc3ccc(-n4cccn4)nc3)CO2)[C@]1(C)O. The van der Waals surface area contributed by atoms with Crippen LogP contribution >= 0.6 is 0 Å². The fraction of sp³-hybridized carbons (Fsp3) is 0.649. The second kappa shape index (κ2) is 15.8. The lowest BCUT2D eigenvalue weighted by atomic mass is 9.67. The highest BCUT2D eigenvalue weighted by molar-refractivity contribution is 6.00. The first-order valence-electron chi connectivity index (χ1n) is 17.4. The zero-order valence-electron chi connectivity index (χ0n) is 30.4. The van der Waals surface area contributed by atoms with E-state index in [2.05, 4.69) is 20.2 Å². The van der Waals surface area contributed by atoms with Crippen LogP contribution in [0.2, 0.25) is 0 Å². The summed E-state index contributed by atoms with van der Waals surface area (Å²) >= 11 is 0. The molecule has 2 bridgehead atoms. The maximum Gasteiger partial charge on any atom is 0.316 e. The Labute approximate surface area is 289 Å². The Morgan fingerprint density at radius 3 is 2.49 bits per heavy atom. The van der Waals surface area contributed by atoms with Crippen LogP contribution in [0.15, 0.2) is 46.9 Å². The summed E-state index contributed by atoms with van der Waals surface area (Å²) in [6.45, 7) is 16.5. The van der Waals surface area contributed by atoms with Crippen LogP contribution in [0, 0.1) is 35.5 Å². The Morgan fingerprint density at radius 2 is 1.88 bits per heavy atom. The molecule has 2 saturated heterocycles. The molecule has 0 radical (unpaired) electrons. The first-order valence-corrected chi connectivity index (χ1v) is 17.4. The summed E-state index contributed by atoms with van der Waals surface area (Å²) in [5.74, 6) is -3.61. The van der Waals surface area contributed by atoms with Crippen molar-refractivity contribution in [2.24, 2.45) is 45.7 Å². The smallest absolute Gasteiger partial charge is 0.316 e. The van der Waals surface area contributed by atoms with Crippen LogP contribution in [0.25, 0.3) is 5.82 Å². The maximum absolute atomic E-state index is 13.8. The highest BCUT2D eigenvalue weighted by atomic mass is 16.6. The van der Waals surface area contributed by atoms with Crippen molar-refractivity contribution in [3.63, 3.8) is 0 Å². The first kappa shape index (κ1) is 38.0. The third kappa shape index (κ3) is 8.70. The molecule has 4 rings (SSSR count). The molecule has 12 nitrogen and oxygen atoms in total. The number of ether oxygens (including phenoxy) is 2. The molecule has 0 aromatic carbocycles. The number of Topliss-reactive ketones (excluding diaryl/α,β-unsaturated/α-hetero) is 1. The largest absolute Gasteiger partial charge is 0.459 e. The Hall–Kier alpha value is -3.77. The van der Waals surface area contributed by atoms with Gasteiger partial charge in [-0.3, -0.25) is 14.4 Å². The quantitative estimate of drug-likeness (QED) is 0.244. The minimum Gasteiger partial charge on any atom is -0.459 e. The van der Waals surface area contributed by atoms with Crippen molar-refractivity contribution in [2.75, 3.05) is 6.61 Å². The molecule has 4 heterocycles. The number of aliphatic hydroxyl groups is 1. The van der Waals surface area contributed by atoms with E-state index in [-0.39, 0.29) is 42.7 Å². The van der Waals surface area contributed by atoms with Crippen LogP contribution in [0.3, 0.4) is 0 Å². The van der Waals surface area contributed by atoms with Gasteiger partial charge >= 0.3 is 5.97 Å². The van der Waals surface area contributed by atoms with E-state index in [1.165, 1.54) is 6.92 Å². The molecule has 2 aromatic rings. The Balaban J connectivity index is 1.77. The van der Waals surface area contributed by atoms with Crippen LogP contribution in [0.5, 0.6) is 0 Å². The lowest BCUT2D eigenvalue weighted by molar-refractivity contribution is -0.179. The number of oxime groups is 1. The Kier molecular flexibility index (Phi) is 12.3. The predicted molar refractivity (Wildman–Crippen MR) is 185 cm³/mol. The van der Waals surface area contributed by atoms with Gasteiger partial charge in [0.1, 0.15) is 30.0 Å². The summed E-state index contributed by atoms with van der Waals surface area (Å²) in [5, 5.41) is 21.1. The van der Waals surface area contributed by atoms with E-state index in [0.29, 0.717) is 42.9 Å². The number of hydrogen-bond donors (Lipinski definition) is 1. The van der Waals surface area contributed by atoms with Crippen LogP contribution in [0.4, 0.5) is 0 Å². The van der Waals surface area contributed by atoms with Gasteiger partial charge in [0.15, 0.2) is 5.82 Å². The number of rotatable bonds is 5. The number of fused-ring (bicyclic) bond motifs is 5. The number of nitrogens with zero attached hydrogens (tertiary/aromatic N) is 5. The fourth-order valence-corrected chi connectivity index (χ4v) is 7.52. The maximum atomic E-state index is 13.8. The van der Waals surface area contributed by atoms with E-state index >= 15 is 0 Å². The predicted octanol–water partition coefficient (Wildman–Crippen LogP) is 5.54. The molecule has 268 valence electrons. The van der Waals surface area contributed by atoms with Gasteiger partial charge in [0.25, 0.3) is 0 Å². The van der Waals surface area contributed by atoms with Crippen LogP contribution in [-0.4, -0.2) is 72.9 Å². The van der Waals surface area contributed by atoms with Crippen LogP contribution < -0.4 is 0 Å². The van der Waals surface area contributed by atoms with Gasteiger partial charge in [-0.2, -0.15) is 5.10 Å². The van der Waals surface area contributed by atoms with Gasteiger partial charge in [-0.25, -0.2) is 14.7 Å². The molecule has 0 aliphatic carbocycles. The summed E-state index contributed by atoms with van der Waals surface area (Å²) in [5.41, 5.74) is -0.343. The monoisotopic (exact) mass is 679 g/mol. The molecular weight excluding hydrogens is 626 g/mol. The first-order chi connectivity index (χ1) is 23.1. The summed E-state index contributed by atoms with van der Waals surface area (Å²) in [7, 11) is 0. The molecule has 2 aromatic heterocycles. The molecular formula is C37H53N5O7. The molecule has 1 N–H and O–H groups in total. The van der Waals surface area contributed by atoms with Crippen LogP contribution in [-0.2, 0) is 35.3 Å². The molecule has 0 spiro atoms. The van der Waals surface area contributed by atoms with Crippen LogP contribution in [0.1, 0.15) is 93.6 Å². The molecule has 0 unspecified atom stereocenters. The third-order valence-electron chi connectivity index (χ3n) is 10.8. The summed E-state index contributed by atoms with van der Waals surface area (Å²) in [6, 6.07) is 5.58. The minimum absolute atomic E-state index is 0.121. The van der Waals surface area contributed by atoms with Gasteiger partial charge in [-0.1, -0.05) is 45.8 Å². The van der Waals surface area contributed by atoms with Crippen molar-refractivity contribution in [1.29, 1.82) is 0 Å². The van der Waals surface area contributed by atoms with E-state index in [9.17, 15) is 19.5 Å². The summed E-state index contributed by atoms with van der Waals surface area (Å²) < 4.78 is 14.4. The highest BCUT2D eigenvalue weighted by Crippen LogP contribution is 2.42. The molecule has 2 aliphatic rings. The standard InChI is InChI=1S/C37H53N5O7/c1-10-31-37(9,46)30-14-13-29(41-48-20-28-12-15-32(38-19-28)42-17-11-16-39-42)21-47-36(8,18-22(2)33(24(30)4)40-27(7)43)26(6)23(3)34(44)25(5)35(45)49-31/h11-12,15-17,19,22-26,30-31,46H,10,13-14,18,20-21H2,1-9H3/b40-33+,41-29+/t22-,23-,24-,25-,26-,30-,31-,36-,37+/m1/s1. The van der Waals surface area contributed by atoms with Gasteiger partial charge in [0.05, 0.1) is 17.9 Å². The average Bonchev–Trinajstić information content (AvgIpc) is 3.61. The lowest BCUT2D eigenvalue weighted by Gasteiger charge is -2.44. The van der Waals surface area contributed by atoms with Crippen molar-refractivity contribution in [3.05, 3.63) is 42.4 Å². The number of pyridine rings is 1. The molecule has 2 fully saturated rings. The molecule has 49 heavy (non-hydrogen) atoms. The summed E-state index contributed by atoms with van der Waals surface area (Å²) in [4.78, 5) is 54.6. The zero-order chi connectivity index (χ0) is 36.1. The number of carbonyl (C=O) groups excluding carboxylic acids is 3. The Morgan fingerprint density at radius 1 is 1.14 bits per heavy atom. The molecule has 0 saturated carbocycles. The number of carbonyl (C=O) groups is 3. The van der Waals surface area contributed by atoms with E-state index < -0.39 is 41.0 Å². The number of aliphatic imine (C=N–C) groups is 1. The van der Waals surface area contributed by atoms with Crippen molar-refractivity contribution in [3.8, 4) is 5.82 Å². The van der Waals surface area contributed by atoms with Crippen molar-refractivity contribution >= 4 is 29.1 Å². The van der Waals surface area contributed by atoms with E-state index in [1.54, 1.807) is 30.9 Å². The molecule has 9 atom stereocenters. The number of aromatic nitrogens is 3. The summed E-state index contributed by atoms with van der Waals surface area (Å²) in [6.07, 6.45) is 5.87. The van der Waals surface area contributed by atoms with E-state index in [1.807, 2.05) is 65.9 Å². The third-order valence-corrected chi connectivity index (χ3v) is 10.8. The van der Waals surface area contributed by atoms with E-state index in [4.69, 9.17) is 14.3 Å². The second-order valence-corrected chi connectivity index (χ2v) is 14.4. The molecule has 12 heteroatoms. The lowest BCUT2D eigenvalue weighted by Crippen LogP contribution is -2.53. The van der Waals surface area contributed by atoms with Crippen molar-refractivity contribution < 1.29 is 33.8 Å². The van der Waals surface area contributed by atoms with Gasteiger partial charge in [-0.15, -0.1) is 0 Å². The topological polar surface area (TPSA) is 155 Å². The number of hydrogen-bond acceptors (Lipinski definition) is 10. The second-order valence-electron chi connectivity index (χ2n) is 14.4. The number of amides is 1. The van der Waals surface area contributed by atoms with Crippen molar-refractivity contribution in [2.45, 2.75) is 112 Å². The number of cyclic esters (lactones) is 1.